The van der Waals surface area contributed by atoms with Crippen molar-refractivity contribution < 1.29 is 79.2 Å². The zero-order chi connectivity index (χ0) is 39.2. The Bertz CT molecular complexity index is 2030. The van der Waals surface area contributed by atoms with E-state index in [1.54, 1.807) is 13.8 Å². The second kappa shape index (κ2) is 15.5. The van der Waals surface area contributed by atoms with Gasteiger partial charge < -0.3 is 40.9 Å². The fourth-order valence-corrected chi connectivity index (χ4v) is 5.12. The maximum absolute atomic E-state index is 11.4. The summed E-state index contributed by atoms with van der Waals surface area (Å²) < 4.78 is 0. The van der Waals surface area contributed by atoms with Crippen LogP contribution in [0.15, 0.2) is 72.8 Å². The fraction of sp³-hybridized carbons (Fsp3) is 0.111. The molecule has 8 N–H and O–H groups in total. The first-order valence-corrected chi connectivity index (χ1v) is 14.6. The molecule has 16 heteroatoms. The molecule has 4 rings (SSSR count). The predicted molar refractivity (Wildman–Crippen MR) is 176 cm³/mol. The minimum absolute atomic E-state index is 0.111. The summed E-state index contributed by atoms with van der Waals surface area (Å²) in [7, 11) is 0. The third-order valence-corrected chi connectivity index (χ3v) is 7.90. The Hall–Kier alpha value is -7.36. The molecule has 0 saturated carbocycles. The van der Waals surface area contributed by atoms with Crippen molar-refractivity contribution in [3.63, 3.8) is 0 Å². The number of aromatic carboxylic acids is 8. The number of carboxylic acids is 8. The van der Waals surface area contributed by atoms with Gasteiger partial charge in [-0.2, -0.15) is 0 Å². The van der Waals surface area contributed by atoms with Gasteiger partial charge in [-0.15, -0.1) is 0 Å². The van der Waals surface area contributed by atoms with Gasteiger partial charge in [0.25, 0.3) is 0 Å². The topological polar surface area (TPSA) is 298 Å². The van der Waals surface area contributed by atoms with Crippen molar-refractivity contribution in [1.29, 1.82) is 0 Å². The summed E-state index contributed by atoms with van der Waals surface area (Å²) >= 11 is 0. The molecule has 0 aliphatic heterocycles. The number of carbonyl (C=O) groups is 8. The van der Waals surface area contributed by atoms with Crippen LogP contribution in [0.5, 0.6) is 0 Å². The van der Waals surface area contributed by atoms with Gasteiger partial charge >= 0.3 is 47.8 Å². The van der Waals surface area contributed by atoms with Gasteiger partial charge in [0.2, 0.25) is 0 Å². The molecule has 0 amide bonds. The Labute approximate surface area is 292 Å². The third-order valence-electron chi connectivity index (χ3n) is 7.90. The highest BCUT2D eigenvalue weighted by molar-refractivity contribution is 6.04. The van der Waals surface area contributed by atoms with Crippen LogP contribution < -0.4 is 0 Å². The number of benzene rings is 4. The first-order chi connectivity index (χ1) is 24.2. The molecule has 268 valence electrons. The Morgan fingerprint density at radius 3 is 0.846 bits per heavy atom. The van der Waals surface area contributed by atoms with Crippen LogP contribution in [0.1, 0.15) is 119 Å². The van der Waals surface area contributed by atoms with Gasteiger partial charge in [-0.1, -0.05) is 38.1 Å². The van der Waals surface area contributed by atoms with E-state index >= 15 is 0 Å². The smallest absolute Gasteiger partial charge is 0.336 e. The molecule has 4 aromatic carbocycles. The van der Waals surface area contributed by atoms with Gasteiger partial charge in [0.1, 0.15) is 0 Å². The van der Waals surface area contributed by atoms with Crippen molar-refractivity contribution in [2.45, 2.75) is 25.7 Å². The molecule has 0 spiro atoms. The van der Waals surface area contributed by atoms with Gasteiger partial charge in [-0.25, -0.2) is 38.4 Å². The molecule has 0 fully saturated rings. The Kier molecular flexibility index (Phi) is 11.6. The van der Waals surface area contributed by atoms with Crippen LogP contribution in [0, 0.1) is 0 Å². The summed E-state index contributed by atoms with van der Waals surface area (Å²) in [6.07, 6.45) is 0.111. The third kappa shape index (κ3) is 8.61. The molecule has 0 aliphatic rings. The molecule has 4 aromatic rings. The number of hydrogen-bond donors (Lipinski definition) is 8. The SMILES string of the molecule is CC(C)(c1ccc(C(=O)O)c(C(=O)O)c1)c1ccc(C(=O)O)c(C(=O)O)c1.O=C(O)c1ccc(Cc2ccc(C(=O)O)c(C(=O)O)c2)cc1C(=O)O. The number of carboxylic acid groups (broad SMARTS) is 8. The zero-order valence-corrected chi connectivity index (χ0v) is 27.0. The second-order valence-corrected chi connectivity index (χ2v) is 11.5. The second-order valence-electron chi connectivity index (χ2n) is 11.5. The molecular weight excluding hydrogens is 688 g/mol. The Morgan fingerprint density at radius 1 is 0.365 bits per heavy atom. The lowest BCUT2D eigenvalue weighted by atomic mass is 9.76. The fourth-order valence-electron chi connectivity index (χ4n) is 5.12. The maximum atomic E-state index is 11.4. The first-order valence-electron chi connectivity index (χ1n) is 14.6. The average molecular weight is 717 g/mol. The number of rotatable bonds is 12. The van der Waals surface area contributed by atoms with Crippen LogP contribution in [0.25, 0.3) is 0 Å². The van der Waals surface area contributed by atoms with Crippen molar-refractivity contribution >= 4 is 47.8 Å². The Morgan fingerprint density at radius 2 is 0.596 bits per heavy atom. The van der Waals surface area contributed by atoms with Gasteiger partial charge in [0, 0.05) is 5.41 Å². The largest absolute Gasteiger partial charge is 0.478 e. The summed E-state index contributed by atoms with van der Waals surface area (Å²) in [4.78, 5) is 89.6. The van der Waals surface area contributed by atoms with Crippen molar-refractivity contribution in [2.24, 2.45) is 0 Å². The number of hydrogen-bond acceptors (Lipinski definition) is 8. The molecule has 0 aromatic heterocycles. The maximum Gasteiger partial charge on any atom is 0.336 e. The monoisotopic (exact) mass is 716 g/mol. The molecule has 0 atom stereocenters. The van der Waals surface area contributed by atoms with Crippen molar-refractivity contribution in [3.8, 4) is 0 Å². The van der Waals surface area contributed by atoms with E-state index in [0.717, 1.165) is 12.1 Å². The van der Waals surface area contributed by atoms with E-state index in [1.165, 1.54) is 60.7 Å². The Balaban J connectivity index is 0.000000281. The van der Waals surface area contributed by atoms with Crippen LogP contribution >= 0.6 is 0 Å². The highest BCUT2D eigenvalue weighted by Crippen LogP contribution is 2.34. The van der Waals surface area contributed by atoms with E-state index in [4.69, 9.17) is 30.6 Å². The minimum atomic E-state index is -1.41. The summed E-state index contributed by atoms with van der Waals surface area (Å²) in [5.41, 5.74) is -2.16. The van der Waals surface area contributed by atoms with Gasteiger partial charge in [0.05, 0.1) is 44.5 Å². The molecule has 0 heterocycles. The van der Waals surface area contributed by atoms with Crippen molar-refractivity contribution in [3.05, 3.63) is 140 Å². The molecule has 52 heavy (non-hydrogen) atoms. The van der Waals surface area contributed by atoms with Crippen molar-refractivity contribution in [2.75, 3.05) is 0 Å². The van der Waals surface area contributed by atoms with E-state index in [9.17, 15) is 48.6 Å². The van der Waals surface area contributed by atoms with Crippen molar-refractivity contribution in [1.82, 2.24) is 0 Å². The molecule has 0 unspecified atom stereocenters. The highest BCUT2D eigenvalue weighted by atomic mass is 16.4. The standard InChI is InChI=1S/C19H16O8.C17H12O8/c1-19(2,9-3-5-11(15(20)21)13(7-9)17(24)25)10-4-6-12(16(22)23)14(8-10)18(26)27;18-14(19)10-3-1-8(6-12(10)16(22)23)5-9-2-4-11(15(20)21)13(7-9)17(24)25/h3-8H,1-2H3,(H,20,21)(H,22,23)(H,24,25)(H,26,27);1-4,6-7H,5H2,(H,18,19)(H,20,21)(H,22,23)(H,24,25). The van der Waals surface area contributed by atoms with E-state index in [0.29, 0.717) is 22.3 Å². The van der Waals surface area contributed by atoms with E-state index in [-0.39, 0.29) is 39.8 Å². The van der Waals surface area contributed by atoms with Crippen LogP contribution in [-0.4, -0.2) is 88.6 Å². The van der Waals surface area contributed by atoms with E-state index < -0.39 is 64.3 Å². The normalized spacial score (nSPS) is 10.7. The summed E-state index contributed by atoms with van der Waals surface area (Å²) in [6.45, 7) is 3.38. The molecule has 16 nitrogen and oxygen atoms in total. The predicted octanol–water partition coefficient (Wildman–Crippen LogP) is 4.88. The van der Waals surface area contributed by atoms with Crippen LogP contribution in [-0.2, 0) is 11.8 Å². The van der Waals surface area contributed by atoms with E-state index in [1.807, 2.05) is 0 Å². The summed E-state index contributed by atoms with van der Waals surface area (Å²) in [6, 6.07) is 15.2. The molecule has 0 bridgehead atoms. The van der Waals surface area contributed by atoms with Gasteiger partial charge in [-0.3, -0.25) is 0 Å². The molecule has 0 aliphatic carbocycles. The minimum Gasteiger partial charge on any atom is -0.478 e. The van der Waals surface area contributed by atoms with E-state index in [2.05, 4.69) is 0 Å². The van der Waals surface area contributed by atoms with Crippen LogP contribution in [0.4, 0.5) is 0 Å². The van der Waals surface area contributed by atoms with Crippen LogP contribution in [0.2, 0.25) is 0 Å². The highest BCUT2D eigenvalue weighted by Gasteiger charge is 2.29. The summed E-state index contributed by atoms with van der Waals surface area (Å²) in [5, 5.41) is 73.0. The molecule has 0 radical (unpaired) electrons. The first kappa shape index (κ1) is 39.1. The lowest BCUT2D eigenvalue weighted by Gasteiger charge is -2.27. The van der Waals surface area contributed by atoms with Crippen LogP contribution in [0.3, 0.4) is 0 Å². The molecule has 0 saturated heterocycles. The lowest BCUT2D eigenvalue weighted by molar-refractivity contribution is 0.0651. The van der Waals surface area contributed by atoms with Gasteiger partial charge in [-0.05, 0) is 77.2 Å². The van der Waals surface area contributed by atoms with Gasteiger partial charge in [0.15, 0.2) is 0 Å². The molecular formula is C36H28O16. The zero-order valence-electron chi connectivity index (χ0n) is 27.0. The lowest BCUT2D eigenvalue weighted by Crippen LogP contribution is -2.22. The summed E-state index contributed by atoms with van der Waals surface area (Å²) in [5.74, 6) is -11.1. The average Bonchev–Trinajstić information content (AvgIpc) is 3.07. The quantitative estimate of drug-likeness (QED) is 0.0969.